The Bertz CT molecular complexity index is 4700. The van der Waals surface area contributed by atoms with E-state index in [-0.39, 0.29) is 102 Å². The summed E-state index contributed by atoms with van der Waals surface area (Å²) in [4.78, 5) is 18.4. The highest BCUT2D eigenvalue weighted by Crippen LogP contribution is 2.46. The van der Waals surface area contributed by atoms with Crippen LogP contribution < -0.4 is 10.1 Å². The van der Waals surface area contributed by atoms with Crippen molar-refractivity contribution in [3.63, 3.8) is 0 Å². The highest BCUT2D eigenvalue weighted by molar-refractivity contribution is 7.99. The van der Waals surface area contributed by atoms with Gasteiger partial charge in [0.15, 0.2) is 11.3 Å². The van der Waals surface area contributed by atoms with Crippen molar-refractivity contribution in [1.82, 2.24) is 14.4 Å². The molecule has 0 aliphatic rings. The number of hydrogen-bond acceptors (Lipinski definition) is 24. The minimum Gasteiger partial charge on any atom is -0.493 e. The highest BCUT2D eigenvalue weighted by Gasteiger charge is 2.28. The molecule has 0 spiro atoms. The Morgan fingerprint density at radius 3 is 2.05 bits per heavy atom. The van der Waals surface area contributed by atoms with Gasteiger partial charge in [0.1, 0.15) is 44.1 Å². The first-order chi connectivity index (χ1) is 37.8. The number of carbonyl (C=O) groups is 1. The highest BCUT2D eigenvalue weighted by atomic mass is 32.2. The molecule has 0 radical (unpaired) electrons. The number of aryl methyl sites for hydroxylation is 1. The number of nitrogens with zero attached hydrogens (tertiary/aromatic N) is 10. The van der Waals surface area contributed by atoms with Crippen LogP contribution in [0, 0.1) is 25.2 Å². The molecule has 0 aliphatic carbocycles. The van der Waals surface area contributed by atoms with Crippen molar-refractivity contribution in [2.75, 3.05) is 29.2 Å². The van der Waals surface area contributed by atoms with Gasteiger partial charge in [-0.1, -0.05) is 23.5 Å². The second-order valence-electron chi connectivity index (χ2n) is 17.2. The normalized spacial score (nSPS) is 13.0. The average Bonchev–Trinajstić information content (AvgIpc) is 2.55. The number of rotatable bonds is 20. The molecule has 36 heteroatoms. The number of carbonyl (C=O) groups excluding carboxylic acids is 1. The van der Waals surface area contributed by atoms with Gasteiger partial charge in [0.25, 0.3) is 50.6 Å². The van der Waals surface area contributed by atoms with E-state index in [1.165, 1.54) is 42.5 Å². The topological polar surface area (TPSA) is 459 Å². The molecule has 81 heavy (non-hydrogen) atoms. The number of hydrogen-bond donors (Lipinski definition) is 7. The third kappa shape index (κ3) is 13.6. The van der Waals surface area contributed by atoms with E-state index < -0.39 is 99.5 Å². The molecule has 424 valence electrons. The summed E-state index contributed by atoms with van der Waals surface area (Å²) in [6.07, 6.45) is -0.310. The average molecular weight is 1250 g/mol. The summed E-state index contributed by atoms with van der Waals surface area (Å²) >= 11 is 1.55. The number of anilines is 1. The zero-order valence-electron chi connectivity index (χ0n) is 41.5. The van der Waals surface area contributed by atoms with E-state index in [2.05, 4.69) is 52.0 Å². The fourth-order valence-corrected chi connectivity index (χ4v) is 13.0. The van der Waals surface area contributed by atoms with Crippen LogP contribution in [0.4, 0.5) is 39.3 Å². The van der Waals surface area contributed by atoms with E-state index in [0.29, 0.717) is 40.1 Å². The molecule has 3 heterocycles. The van der Waals surface area contributed by atoms with Gasteiger partial charge in [-0.2, -0.15) is 47.4 Å². The summed E-state index contributed by atoms with van der Waals surface area (Å²) in [5.74, 6) is -2.47. The number of nitriles is 1. The van der Waals surface area contributed by atoms with Crippen LogP contribution in [0.15, 0.2) is 117 Å². The molecule has 0 atom stereocenters. The molecule has 0 unspecified atom stereocenters. The van der Waals surface area contributed by atoms with Crippen molar-refractivity contribution in [2.24, 2.45) is 30.7 Å². The second-order valence-corrected chi connectivity index (χ2v) is 26.7. The standard InChI is InChI=1S/C45H39N11O18S7/c1-22-14-34(37(75-11-7-13-78(62,63)64)20-30(22)50-55-45-49-41-39(81(71,72)73)17-26-27(42(41)76-45)15-25(79(65,66)67)16-38(26)80(68,69)70)53-51-32-19-36(74-10-6-12-77(59,60)61)33(18-31(32)47-24(3)57)52-54-40-23(2)28(21-46)43-48-29-8-4-5-9-35(29)56(43)44(40)58/h4-5,8-9,14-20,58H,6-7,10-13H2,1-3H3,(H,47,57)(H,59,60,61)(H,62,63,64)(H,65,66,67)(H,68,69,70)(H,71,72,73). The summed E-state index contributed by atoms with van der Waals surface area (Å²) in [6.45, 7) is 3.90. The van der Waals surface area contributed by atoms with Crippen LogP contribution in [-0.2, 0) is 55.4 Å². The van der Waals surface area contributed by atoms with Crippen LogP contribution in [0.3, 0.4) is 0 Å². The Morgan fingerprint density at radius 2 is 1.40 bits per heavy atom. The van der Waals surface area contributed by atoms with Gasteiger partial charge in [-0.25, -0.2) is 9.97 Å². The number of benzene rings is 5. The van der Waals surface area contributed by atoms with E-state index in [4.69, 9.17) is 4.74 Å². The first-order valence-corrected chi connectivity index (χ1v) is 32.0. The lowest BCUT2D eigenvalue weighted by Crippen LogP contribution is -2.09. The van der Waals surface area contributed by atoms with Gasteiger partial charge in [0.05, 0.1) is 55.8 Å². The van der Waals surface area contributed by atoms with Crippen molar-refractivity contribution in [2.45, 2.75) is 53.2 Å². The van der Waals surface area contributed by atoms with Gasteiger partial charge in [-0.3, -0.25) is 32.0 Å². The van der Waals surface area contributed by atoms with Gasteiger partial charge in [-0.15, -0.1) is 42.4 Å². The number of pyridine rings is 1. The Labute approximate surface area is 466 Å². The second kappa shape index (κ2) is 22.8. The van der Waals surface area contributed by atoms with Crippen molar-refractivity contribution >= 4 is 157 Å². The molecule has 7 N–H and O–H groups in total. The van der Waals surface area contributed by atoms with Crippen LogP contribution in [0.1, 0.15) is 36.5 Å². The maximum absolute atomic E-state index is 12.7. The van der Waals surface area contributed by atoms with Crippen LogP contribution in [0.2, 0.25) is 0 Å². The molecule has 8 rings (SSSR count). The zero-order valence-corrected chi connectivity index (χ0v) is 47.2. The molecule has 0 saturated heterocycles. The van der Waals surface area contributed by atoms with Gasteiger partial charge in [-0.05, 0) is 86.5 Å². The Morgan fingerprint density at radius 1 is 0.741 bits per heavy atom. The van der Waals surface area contributed by atoms with Gasteiger partial charge < -0.3 is 15.2 Å². The minimum atomic E-state index is -5.31. The third-order valence-corrected chi connectivity index (χ3v) is 17.7. The van der Waals surface area contributed by atoms with Crippen LogP contribution >= 0.6 is 23.1 Å². The number of azo groups is 3. The zero-order chi connectivity index (χ0) is 59.1. The molecule has 0 saturated carbocycles. The smallest absolute Gasteiger partial charge is 0.296 e. The first-order valence-electron chi connectivity index (χ1n) is 22.7. The fraction of sp³-hybridized carbons (Fsp3) is 0.200. The van der Waals surface area contributed by atoms with Crippen LogP contribution in [0.25, 0.3) is 37.7 Å². The van der Waals surface area contributed by atoms with Crippen LogP contribution in [-0.4, -0.2) is 114 Å². The third-order valence-electron chi connectivity index (χ3n) is 11.4. The van der Waals surface area contributed by atoms with Crippen molar-refractivity contribution in [1.29, 1.82) is 5.26 Å². The lowest BCUT2D eigenvalue weighted by molar-refractivity contribution is -0.114. The van der Waals surface area contributed by atoms with Crippen molar-refractivity contribution in [3.05, 3.63) is 83.4 Å². The molecular formula is C45H39N11O18S7. The lowest BCUT2D eigenvalue weighted by atomic mass is 10.1. The summed E-state index contributed by atoms with van der Waals surface area (Å²) in [5.41, 5.74) is 0.833. The van der Waals surface area contributed by atoms with Crippen LogP contribution in [0.5, 0.6) is 11.6 Å². The number of nitrogens with one attached hydrogen (secondary N) is 1. The quantitative estimate of drug-likeness (QED) is 0.0161. The number of aromatic nitrogens is 3. The molecule has 1 amide bonds. The van der Waals surface area contributed by atoms with E-state index in [9.17, 15) is 80.0 Å². The number of thiazole rings is 1. The number of para-hydroxylation sites is 2. The molecule has 5 aromatic carbocycles. The molecule has 29 nitrogen and oxygen atoms in total. The minimum absolute atomic E-state index is 0.0374. The lowest BCUT2D eigenvalue weighted by Gasteiger charge is -2.13. The number of fused-ring (bicyclic) bond motifs is 6. The first kappa shape index (κ1) is 59.6. The largest absolute Gasteiger partial charge is 0.493 e. The maximum Gasteiger partial charge on any atom is 0.296 e. The van der Waals surface area contributed by atoms with E-state index in [1.807, 2.05) is 0 Å². The SMILES string of the molecule is CC(=O)Nc1cc(N=Nc2c(C)c(C#N)c3nc4ccccc4n3c2O)c(OCCCS(=O)(=O)O)cc1N=Nc1cc(C)c(N=Nc2nc3c(S(=O)(=O)O)cc4c(S(=O)(=O)O)cc(S(=O)(=O)O)cc4c3s2)cc1SCCCS(=O)(=O)O. The summed E-state index contributed by atoms with van der Waals surface area (Å²) in [5, 5.41) is 48.8. The Kier molecular flexibility index (Phi) is 16.8. The summed E-state index contributed by atoms with van der Waals surface area (Å²) in [6, 6.07) is 16.0. The maximum atomic E-state index is 12.7. The van der Waals surface area contributed by atoms with E-state index in [1.54, 1.807) is 31.2 Å². The molecule has 8 aromatic rings. The Hall–Kier alpha value is -7.54. The predicted molar refractivity (Wildman–Crippen MR) is 293 cm³/mol. The Balaban J connectivity index is 1.23. The van der Waals surface area contributed by atoms with Gasteiger partial charge in [0.2, 0.25) is 16.9 Å². The monoisotopic (exact) mass is 1250 g/mol. The molecule has 0 bridgehead atoms. The fourth-order valence-electron chi connectivity index (χ4n) is 7.86. The molecule has 0 aliphatic heterocycles. The van der Waals surface area contributed by atoms with Gasteiger partial charge >= 0.3 is 0 Å². The van der Waals surface area contributed by atoms with E-state index >= 15 is 0 Å². The van der Waals surface area contributed by atoms with Crippen molar-refractivity contribution < 1.29 is 79.5 Å². The van der Waals surface area contributed by atoms with Crippen molar-refractivity contribution in [3.8, 4) is 17.7 Å². The summed E-state index contributed by atoms with van der Waals surface area (Å²) < 4.78 is 176. The summed E-state index contributed by atoms with van der Waals surface area (Å²) in [7, 11) is -24.5. The number of amides is 1. The number of aromatic hydroxyl groups is 1. The molecular weight excluding hydrogens is 1210 g/mol. The molecule has 3 aromatic heterocycles. The number of ether oxygens (including phenoxy) is 1. The number of thioether (sulfide) groups is 1. The van der Waals surface area contributed by atoms with E-state index in [0.717, 1.165) is 17.8 Å². The molecule has 0 fully saturated rings. The van der Waals surface area contributed by atoms with Gasteiger partial charge in [0, 0.05) is 34.2 Å². The number of imidazole rings is 1. The predicted octanol–water partition coefficient (Wildman–Crippen LogP) is 9.42.